The molecule has 1 saturated carbocycles. The highest BCUT2D eigenvalue weighted by Crippen LogP contribution is 2.26. The fourth-order valence-corrected chi connectivity index (χ4v) is 2.23. The molecule has 0 amide bonds. The lowest BCUT2D eigenvalue weighted by atomic mass is 10.2. The Labute approximate surface area is 92.1 Å². The number of nitrogens with zero attached hydrogens (tertiary/aromatic N) is 1. The van der Waals surface area contributed by atoms with Gasteiger partial charge in [0.2, 0.25) is 0 Å². The second-order valence-electron chi connectivity index (χ2n) is 4.18. The third kappa shape index (κ3) is 1.73. The molecule has 5 nitrogen and oxygen atoms in total. The minimum Gasteiger partial charge on any atom is -0.313 e. The van der Waals surface area contributed by atoms with Crippen molar-refractivity contribution in [3.8, 4) is 0 Å². The zero-order valence-corrected chi connectivity index (χ0v) is 9.16. The van der Waals surface area contributed by atoms with Crippen LogP contribution < -0.4 is 11.2 Å². The maximum atomic E-state index is 11.9. The van der Waals surface area contributed by atoms with Crippen molar-refractivity contribution in [1.29, 1.82) is 0 Å². The van der Waals surface area contributed by atoms with Gasteiger partial charge in [-0.15, -0.1) is 0 Å². The summed E-state index contributed by atoms with van der Waals surface area (Å²) in [5.41, 5.74) is -0.809. The smallest absolute Gasteiger partial charge is 0.313 e. The molecule has 2 rings (SSSR count). The molecule has 86 valence electrons. The van der Waals surface area contributed by atoms with Crippen molar-refractivity contribution in [2.45, 2.75) is 38.6 Å². The molecule has 1 N–H and O–H groups in total. The van der Waals surface area contributed by atoms with Crippen LogP contribution in [-0.4, -0.2) is 15.3 Å². The van der Waals surface area contributed by atoms with E-state index in [0.29, 0.717) is 0 Å². The van der Waals surface area contributed by atoms with Crippen molar-refractivity contribution >= 4 is 5.78 Å². The van der Waals surface area contributed by atoms with Gasteiger partial charge in [-0.2, -0.15) is 0 Å². The molecule has 1 heterocycles. The molecule has 0 unspecified atom stereocenters. The first-order valence-electron chi connectivity index (χ1n) is 5.46. The van der Waals surface area contributed by atoms with Gasteiger partial charge in [0, 0.05) is 12.2 Å². The van der Waals surface area contributed by atoms with Gasteiger partial charge in [-0.05, 0) is 19.8 Å². The van der Waals surface area contributed by atoms with Crippen molar-refractivity contribution in [2.75, 3.05) is 0 Å². The topological polar surface area (TPSA) is 71.9 Å². The van der Waals surface area contributed by atoms with E-state index in [1.54, 1.807) is 0 Å². The van der Waals surface area contributed by atoms with Crippen molar-refractivity contribution in [3.63, 3.8) is 0 Å². The summed E-state index contributed by atoms with van der Waals surface area (Å²) in [7, 11) is 0. The van der Waals surface area contributed by atoms with Crippen LogP contribution in [0.15, 0.2) is 15.8 Å². The number of H-pyrrole nitrogens is 1. The summed E-state index contributed by atoms with van der Waals surface area (Å²) in [5.74, 6) is -0.312. The zero-order chi connectivity index (χ0) is 11.7. The Kier molecular flexibility index (Phi) is 2.77. The molecular formula is C11H14N2O3. The maximum Gasteiger partial charge on any atom is 0.328 e. The number of carbonyl (C=O) groups is 1. The summed E-state index contributed by atoms with van der Waals surface area (Å²) >= 11 is 0. The van der Waals surface area contributed by atoms with Crippen LogP contribution in [0.1, 0.15) is 49.0 Å². The fraction of sp³-hybridized carbons (Fsp3) is 0.545. The first-order valence-corrected chi connectivity index (χ1v) is 5.46. The molecule has 1 aliphatic rings. The van der Waals surface area contributed by atoms with Crippen molar-refractivity contribution in [3.05, 3.63) is 32.6 Å². The Balaban J connectivity index is 2.59. The van der Waals surface area contributed by atoms with Crippen molar-refractivity contribution in [1.82, 2.24) is 9.55 Å². The number of hydrogen-bond acceptors (Lipinski definition) is 3. The van der Waals surface area contributed by atoms with Gasteiger partial charge >= 0.3 is 5.69 Å². The molecule has 0 radical (unpaired) electrons. The first-order chi connectivity index (χ1) is 7.61. The van der Waals surface area contributed by atoms with Crippen LogP contribution in [0.25, 0.3) is 0 Å². The Morgan fingerprint density at radius 3 is 2.56 bits per heavy atom. The van der Waals surface area contributed by atoms with Crippen LogP contribution in [0.2, 0.25) is 0 Å². The number of Topliss-reactive ketones (excluding diaryl/α,β-unsaturated/α-hetero) is 1. The predicted octanol–water partition coefficient (Wildman–Crippen LogP) is 0.854. The first kappa shape index (κ1) is 10.9. The van der Waals surface area contributed by atoms with Gasteiger partial charge in [-0.3, -0.25) is 14.2 Å². The average Bonchev–Trinajstić information content (AvgIpc) is 2.70. The molecule has 5 heteroatoms. The number of aromatic amines is 1. The molecule has 0 atom stereocenters. The van der Waals surface area contributed by atoms with Gasteiger partial charge in [0.1, 0.15) is 0 Å². The number of aromatic nitrogens is 2. The van der Waals surface area contributed by atoms with Gasteiger partial charge in [-0.25, -0.2) is 4.79 Å². The van der Waals surface area contributed by atoms with Crippen LogP contribution in [0.5, 0.6) is 0 Å². The van der Waals surface area contributed by atoms with E-state index < -0.39 is 11.2 Å². The van der Waals surface area contributed by atoms with Gasteiger partial charge in [0.25, 0.3) is 5.56 Å². The summed E-state index contributed by atoms with van der Waals surface area (Å²) in [6, 6.07) is -0.0458. The lowest BCUT2D eigenvalue weighted by molar-refractivity contribution is 0.101. The molecule has 1 aromatic rings. The van der Waals surface area contributed by atoms with Crippen LogP contribution >= 0.6 is 0 Å². The van der Waals surface area contributed by atoms with E-state index in [-0.39, 0.29) is 17.4 Å². The summed E-state index contributed by atoms with van der Waals surface area (Å²) in [4.78, 5) is 37.2. The van der Waals surface area contributed by atoms with Gasteiger partial charge < -0.3 is 4.98 Å². The van der Waals surface area contributed by atoms with E-state index in [2.05, 4.69) is 4.98 Å². The fourth-order valence-electron chi connectivity index (χ4n) is 2.23. The number of ketones is 1. The zero-order valence-electron chi connectivity index (χ0n) is 9.16. The minimum absolute atomic E-state index is 0.0458. The molecule has 0 aliphatic heterocycles. The van der Waals surface area contributed by atoms with E-state index in [9.17, 15) is 14.4 Å². The van der Waals surface area contributed by atoms with Crippen molar-refractivity contribution in [2.24, 2.45) is 0 Å². The molecular weight excluding hydrogens is 208 g/mol. The average molecular weight is 222 g/mol. The lowest BCUT2D eigenvalue weighted by Crippen LogP contribution is -2.39. The molecule has 0 saturated heterocycles. The number of hydrogen-bond donors (Lipinski definition) is 1. The van der Waals surface area contributed by atoms with Crippen LogP contribution in [0.4, 0.5) is 0 Å². The second-order valence-corrected chi connectivity index (χ2v) is 4.18. The van der Waals surface area contributed by atoms with Crippen LogP contribution in [-0.2, 0) is 0 Å². The van der Waals surface area contributed by atoms with Gasteiger partial charge in [0.15, 0.2) is 5.78 Å². The summed E-state index contributed by atoms with van der Waals surface area (Å²) < 4.78 is 1.20. The normalized spacial score (nSPS) is 16.6. The van der Waals surface area contributed by atoms with Gasteiger partial charge in [0.05, 0.1) is 5.56 Å². The standard InChI is InChI=1S/C11H14N2O3/c1-7(14)9-6-12-11(16)13(10(9)15)8-4-2-3-5-8/h6,8H,2-5H2,1H3,(H,12,16). The van der Waals surface area contributed by atoms with Crippen LogP contribution in [0, 0.1) is 0 Å². The summed E-state index contributed by atoms with van der Waals surface area (Å²) in [6.45, 7) is 1.33. The molecule has 1 aromatic heterocycles. The van der Waals surface area contributed by atoms with E-state index in [0.717, 1.165) is 25.7 Å². The lowest BCUT2D eigenvalue weighted by Gasteiger charge is -2.12. The largest absolute Gasteiger partial charge is 0.328 e. The number of nitrogens with one attached hydrogen (secondary N) is 1. The third-order valence-electron chi connectivity index (χ3n) is 3.08. The third-order valence-corrected chi connectivity index (χ3v) is 3.08. The Morgan fingerprint density at radius 2 is 2.00 bits per heavy atom. The van der Waals surface area contributed by atoms with Gasteiger partial charge in [-0.1, -0.05) is 12.8 Å². The Hall–Kier alpha value is -1.65. The molecule has 16 heavy (non-hydrogen) atoms. The monoisotopic (exact) mass is 222 g/mol. The highest BCUT2D eigenvalue weighted by molar-refractivity contribution is 5.93. The summed E-state index contributed by atoms with van der Waals surface area (Å²) in [5, 5.41) is 0. The molecule has 1 aliphatic carbocycles. The molecule has 1 fully saturated rings. The van der Waals surface area contributed by atoms with E-state index in [4.69, 9.17) is 0 Å². The summed E-state index contributed by atoms with van der Waals surface area (Å²) in [6.07, 6.45) is 4.94. The highest BCUT2D eigenvalue weighted by Gasteiger charge is 2.22. The van der Waals surface area contributed by atoms with E-state index in [1.165, 1.54) is 17.7 Å². The van der Waals surface area contributed by atoms with Crippen LogP contribution in [0.3, 0.4) is 0 Å². The maximum absolute atomic E-state index is 11.9. The SMILES string of the molecule is CC(=O)c1c[nH]c(=O)n(C2CCCC2)c1=O. The number of rotatable bonds is 2. The Bertz CT molecular complexity index is 521. The Morgan fingerprint density at radius 1 is 1.38 bits per heavy atom. The van der Waals surface area contributed by atoms with E-state index >= 15 is 0 Å². The molecule has 0 spiro atoms. The minimum atomic E-state index is -0.455. The molecule has 0 bridgehead atoms. The number of carbonyl (C=O) groups excluding carboxylic acids is 1. The van der Waals surface area contributed by atoms with E-state index in [1.807, 2.05) is 0 Å². The quantitative estimate of drug-likeness (QED) is 0.754. The highest BCUT2D eigenvalue weighted by atomic mass is 16.2. The predicted molar refractivity (Wildman–Crippen MR) is 58.8 cm³/mol. The van der Waals surface area contributed by atoms with Crippen molar-refractivity contribution < 1.29 is 4.79 Å². The second kappa shape index (κ2) is 4.08. The molecule has 0 aromatic carbocycles.